The van der Waals surface area contributed by atoms with Gasteiger partial charge in [-0.3, -0.25) is 0 Å². The minimum Gasteiger partial charge on any atom is -0.0810 e. The maximum absolute atomic E-state index is 2.53. The molecule has 0 saturated heterocycles. The van der Waals surface area contributed by atoms with E-state index < -0.39 is 0 Å². The van der Waals surface area contributed by atoms with E-state index in [-0.39, 0.29) is 0 Å². The molecule has 0 aromatic heterocycles. The topological polar surface area (TPSA) is 0 Å². The molecule has 3 rings (SSSR count). The molecular formula is C10H14. The molecular weight excluding hydrogens is 120 g/mol. The van der Waals surface area contributed by atoms with Crippen LogP contribution in [-0.4, -0.2) is 0 Å². The number of rotatable bonds is 2. The summed E-state index contributed by atoms with van der Waals surface area (Å²) in [5.41, 5.74) is 1.83. The molecule has 3 aliphatic rings. The van der Waals surface area contributed by atoms with Gasteiger partial charge in [0.15, 0.2) is 0 Å². The van der Waals surface area contributed by atoms with Crippen LogP contribution in [0.25, 0.3) is 0 Å². The first-order valence-electron chi connectivity index (χ1n) is 4.62. The number of fused-ring (bicyclic) bond motifs is 1. The van der Waals surface area contributed by atoms with Crippen LogP contribution in [0.3, 0.4) is 0 Å². The quantitative estimate of drug-likeness (QED) is 0.509. The van der Waals surface area contributed by atoms with E-state index in [1.54, 1.807) is 0 Å². The van der Waals surface area contributed by atoms with E-state index in [2.05, 4.69) is 13.0 Å². The normalized spacial score (nSPS) is 53.5. The van der Waals surface area contributed by atoms with E-state index in [4.69, 9.17) is 0 Å². The summed E-state index contributed by atoms with van der Waals surface area (Å²) < 4.78 is 0. The summed E-state index contributed by atoms with van der Waals surface area (Å²) in [6, 6.07) is 0. The second-order valence-electron chi connectivity index (χ2n) is 4.17. The van der Waals surface area contributed by atoms with Crippen LogP contribution in [0.2, 0.25) is 0 Å². The van der Waals surface area contributed by atoms with Gasteiger partial charge in [0.05, 0.1) is 0 Å². The van der Waals surface area contributed by atoms with Crippen LogP contribution in [0, 0.1) is 23.7 Å². The molecule has 4 unspecified atom stereocenters. The lowest BCUT2D eigenvalue weighted by molar-refractivity contribution is 0.423. The highest BCUT2D eigenvalue weighted by atomic mass is 14.7. The Hall–Kier alpha value is -0.260. The second-order valence-corrected chi connectivity index (χ2v) is 4.17. The summed E-state index contributed by atoms with van der Waals surface area (Å²) in [4.78, 5) is 0. The lowest BCUT2D eigenvalue weighted by Gasteiger charge is -2.18. The zero-order chi connectivity index (χ0) is 6.72. The molecule has 0 radical (unpaired) electrons. The average Bonchev–Trinajstić information content (AvgIpc) is 2.39. The van der Waals surface area contributed by atoms with E-state index in [0.29, 0.717) is 0 Å². The third-order valence-electron chi connectivity index (χ3n) is 3.67. The maximum atomic E-state index is 2.53. The lowest BCUT2D eigenvalue weighted by atomic mass is 9.87. The van der Waals surface area contributed by atoms with Gasteiger partial charge < -0.3 is 0 Å². The fraction of sp³-hybridized carbons (Fsp3) is 0.800. The van der Waals surface area contributed by atoms with Gasteiger partial charge >= 0.3 is 0 Å². The van der Waals surface area contributed by atoms with Crippen LogP contribution in [0.15, 0.2) is 11.6 Å². The molecule has 0 bridgehead atoms. The molecule has 0 N–H and O–H groups in total. The molecule has 2 fully saturated rings. The summed E-state index contributed by atoms with van der Waals surface area (Å²) in [5.74, 6) is 4.46. The minimum atomic E-state index is 1.08. The minimum absolute atomic E-state index is 1.08. The number of allylic oxidation sites excluding steroid dienone is 2. The predicted molar refractivity (Wildman–Crippen MR) is 41.6 cm³/mol. The fourth-order valence-electron chi connectivity index (χ4n) is 3.22. The Morgan fingerprint density at radius 2 is 2.50 bits per heavy atom. The van der Waals surface area contributed by atoms with Crippen molar-refractivity contribution in [1.82, 2.24) is 0 Å². The van der Waals surface area contributed by atoms with Crippen molar-refractivity contribution in [1.29, 1.82) is 0 Å². The van der Waals surface area contributed by atoms with E-state index in [1.165, 1.54) is 19.3 Å². The third-order valence-corrected chi connectivity index (χ3v) is 3.67. The molecule has 4 atom stereocenters. The Balaban J connectivity index is 1.77. The van der Waals surface area contributed by atoms with Gasteiger partial charge in [0.2, 0.25) is 0 Å². The van der Waals surface area contributed by atoms with E-state index >= 15 is 0 Å². The Morgan fingerprint density at radius 3 is 3.00 bits per heavy atom. The van der Waals surface area contributed by atoms with Gasteiger partial charge in [0, 0.05) is 0 Å². The molecule has 2 saturated carbocycles. The van der Waals surface area contributed by atoms with Gasteiger partial charge in [0.25, 0.3) is 0 Å². The zero-order valence-corrected chi connectivity index (χ0v) is 6.51. The number of hydrogen-bond donors (Lipinski definition) is 0. The molecule has 0 aromatic rings. The van der Waals surface area contributed by atoms with Crippen molar-refractivity contribution in [3.05, 3.63) is 11.6 Å². The highest BCUT2D eigenvalue weighted by Gasteiger charge is 2.64. The molecule has 0 aliphatic heterocycles. The van der Waals surface area contributed by atoms with Crippen LogP contribution >= 0.6 is 0 Å². The SMILES string of the molecule is CCCC1CC2=CC3C2C13. The van der Waals surface area contributed by atoms with Gasteiger partial charge in [-0.25, -0.2) is 0 Å². The molecule has 0 heterocycles. The van der Waals surface area contributed by atoms with Crippen LogP contribution in [0.4, 0.5) is 0 Å². The summed E-state index contributed by atoms with van der Waals surface area (Å²) in [6.45, 7) is 2.32. The second kappa shape index (κ2) is 1.49. The monoisotopic (exact) mass is 134 g/mol. The first-order chi connectivity index (χ1) is 4.92. The Labute approximate surface area is 62.3 Å². The largest absolute Gasteiger partial charge is 0.0810 e. The van der Waals surface area contributed by atoms with Gasteiger partial charge in [-0.15, -0.1) is 0 Å². The van der Waals surface area contributed by atoms with E-state index in [9.17, 15) is 0 Å². The predicted octanol–water partition coefficient (Wildman–Crippen LogP) is 2.61. The number of hydrogen-bond acceptors (Lipinski definition) is 0. The van der Waals surface area contributed by atoms with Crippen molar-refractivity contribution < 1.29 is 0 Å². The van der Waals surface area contributed by atoms with Crippen LogP contribution in [0.1, 0.15) is 26.2 Å². The van der Waals surface area contributed by atoms with Crippen LogP contribution < -0.4 is 0 Å². The standard InChI is InChI=1S/C10H14/c1-2-3-6-4-7-5-8-9(6)10(7)8/h5-6,8-10H,2-4H2,1H3. The van der Waals surface area contributed by atoms with Gasteiger partial charge in [0.1, 0.15) is 0 Å². The van der Waals surface area contributed by atoms with Gasteiger partial charge in [-0.2, -0.15) is 0 Å². The molecule has 0 nitrogen and oxygen atoms in total. The molecule has 10 heavy (non-hydrogen) atoms. The molecule has 3 aliphatic carbocycles. The van der Waals surface area contributed by atoms with Gasteiger partial charge in [-0.05, 0) is 30.1 Å². The third kappa shape index (κ3) is 0.426. The van der Waals surface area contributed by atoms with Gasteiger partial charge in [-0.1, -0.05) is 31.4 Å². The smallest absolute Gasteiger partial charge is 0.0100 e. The van der Waals surface area contributed by atoms with E-state index in [0.717, 1.165) is 23.7 Å². The first kappa shape index (κ1) is 5.40. The summed E-state index contributed by atoms with van der Waals surface area (Å²) in [6.07, 6.45) is 6.89. The van der Waals surface area contributed by atoms with Crippen molar-refractivity contribution in [3.8, 4) is 0 Å². The van der Waals surface area contributed by atoms with Crippen molar-refractivity contribution in [3.63, 3.8) is 0 Å². The maximum Gasteiger partial charge on any atom is -0.0100 e. The molecule has 0 heteroatoms. The molecule has 0 amide bonds. The zero-order valence-electron chi connectivity index (χ0n) is 6.51. The molecule has 0 spiro atoms. The van der Waals surface area contributed by atoms with Crippen LogP contribution in [-0.2, 0) is 0 Å². The van der Waals surface area contributed by atoms with E-state index in [1.807, 2.05) is 5.57 Å². The average molecular weight is 134 g/mol. The summed E-state index contributed by atoms with van der Waals surface area (Å²) >= 11 is 0. The van der Waals surface area contributed by atoms with Crippen molar-refractivity contribution in [2.75, 3.05) is 0 Å². The van der Waals surface area contributed by atoms with Crippen molar-refractivity contribution >= 4 is 0 Å². The van der Waals surface area contributed by atoms with Crippen molar-refractivity contribution in [2.24, 2.45) is 23.7 Å². The fourth-order valence-corrected chi connectivity index (χ4v) is 3.22. The highest BCUT2D eigenvalue weighted by Crippen LogP contribution is 2.71. The van der Waals surface area contributed by atoms with Crippen molar-refractivity contribution in [2.45, 2.75) is 26.2 Å². The Morgan fingerprint density at radius 1 is 1.60 bits per heavy atom. The summed E-state index contributed by atoms with van der Waals surface area (Å²) in [5, 5.41) is 0. The lowest BCUT2D eigenvalue weighted by Crippen LogP contribution is -2.07. The van der Waals surface area contributed by atoms with Crippen LogP contribution in [0.5, 0.6) is 0 Å². The molecule has 0 aromatic carbocycles. The Bertz CT molecular complexity index is 202. The molecule has 54 valence electrons. The highest BCUT2D eigenvalue weighted by molar-refractivity contribution is 5.41. The first-order valence-corrected chi connectivity index (χ1v) is 4.62. The Kier molecular flexibility index (Phi) is 0.805. The summed E-state index contributed by atoms with van der Waals surface area (Å²) in [7, 11) is 0.